The molecule has 11 atom stereocenters. The average Bonchev–Trinajstić information content (AvgIpc) is 3.32. The van der Waals surface area contributed by atoms with Crippen LogP contribution in [0.25, 0.3) is 0 Å². The minimum absolute atomic E-state index is 0.0667. The van der Waals surface area contributed by atoms with Crippen LogP contribution in [0.1, 0.15) is 219 Å². The molecule has 67 heavy (non-hydrogen) atoms. The van der Waals surface area contributed by atoms with Gasteiger partial charge in [-0.3, -0.25) is 4.79 Å². The molecule has 396 valence electrons. The normalized spacial score (nSPS) is 26.1. The fourth-order valence-electron chi connectivity index (χ4n) is 8.81. The molecule has 2 aliphatic rings. The van der Waals surface area contributed by atoms with Crippen LogP contribution in [0.15, 0.2) is 12.2 Å². The van der Waals surface area contributed by atoms with E-state index in [1.165, 1.54) is 154 Å². The number of rotatable bonds is 44. The van der Waals surface area contributed by atoms with Crippen molar-refractivity contribution >= 4 is 5.97 Å². The van der Waals surface area contributed by atoms with Gasteiger partial charge in [-0.1, -0.05) is 187 Å². The molecule has 2 heterocycles. The van der Waals surface area contributed by atoms with E-state index in [9.17, 15) is 40.5 Å². The summed E-state index contributed by atoms with van der Waals surface area (Å²) in [7, 11) is 0. The lowest BCUT2D eigenvalue weighted by molar-refractivity contribution is -0.332. The predicted octanol–water partition coefficient (Wildman–Crippen LogP) is 8.63. The van der Waals surface area contributed by atoms with Crippen LogP contribution in [-0.2, 0) is 33.2 Å². The molecule has 0 aromatic carbocycles. The summed E-state index contributed by atoms with van der Waals surface area (Å²) in [6, 6.07) is 0. The van der Waals surface area contributed by atoms with Gasteiger partial charge in [0.05, 0.1) is 26.4 Å². The molecule has 14 nitrogen and oxygen atoms in total. The van der Waals surface area contributed by atoms with Gasteiger partial charge in [0.2, 0.25) is 0 Å². The molecule has 2 aliphatic heterocycles. The number of esters is 1. The van der Waals surface area contributed by atoms with Gasteiger partial charge in [-0.15, -0.1) is 0 Å². The second-order valence-electron chi connectivity index (χ2n) is 19.4. The van der Waals surface area contributed by atoms with Crippen LogP contribution in [0, 0.1) is 0 Å². The highest BCUT2D eigenvalue weighted by Crippen LogP contribution is 2.26. The summed E-state index contributed by atoms with van der Waals surface area (Å²) in [6.07, 6.45) is 27.5. The van der Waals surface area contributed by atoms with E-state index in [1.54, 1.807) is 0 Å². The molecule has 0 aliphatic carbocycles. The smallest absolute Gasteiger partial charge is 0.306 e. The van der Waals surface area contributed by atoms with E-state index in [0.29, 0.717) is 13.0 Å². The van der Waals surface area contributed by atoms with Crippen LogP contribution in [-0.4, -0.2) is 142 Å². The first-order valence-electron chi connectivity index (χ1n) is 27.3. The van der Waals surface area contributed by atoms with Crippen molar-refractivity contribution in [1.29, 1.82) is 0 Å². The molecule has 0 spiro atoms. The van der Waals surface area contributed by atoms with Gasteiger partial charge in [0.1, 0.15) is 54.9 Å². The third-order valence-electron chi connectivity index (χ3n) is 13.3. The molecule has 0 saturated carbocycles. The molecular formula is C53H100O14. The second kappa shape index (κ2) is 41.4. The van der Waals surface area contributed by atoms with E-state index in [1.807, 2.05) is 0 Å². The van der Waals surface area contributed by atoms with E-state index in [4.69, 9.17) is 28.4 Å². The number of unbranched alkanes of at least 4 members (excludes halogenated alkanes) is 28. The van der Waals surface area contributed by atoms with Gasteiger partial charge < -0.3 is 64.2 Å². The maximum Gasteiger partial charge on any atom is 0.306 e. The monoisotopic (exact) mass is 961 g/mol. The Morgan fingerprint density at radius 2 is 0.881 bits per heavy atom. The molecule has 7 N–H and O–H groups in total. The first-order valence-corrected chi connectivity index (χ1v) is 27.3. The number of aliphatic hydroxyl groups excluding tert-OH is 7. The van der Waals surface area contributed by atoms with Crippen molar-refractivity contribution in [3.8, 4) is 0 Å². The molecule has 2 saturated heterocycles. The van der Waals surface area contributed by atoms with Crippen LogP contribution in [0.2, 0.25) is 0 Å². The van der Waals surface area contributed by atoms with Crippen molar-refractivity contribution in [2.75, 3.05) is 33.0 Å². The van der Waals surface area contributed by atoms with Crippen molar-refractivity contribution in [3.05, 3.63) is 12.2 Å². The molecular weight excluding hydrogens is 861 g/mol. The Kier molecular flexibility index (Phi) is 38.2. The molecule has 14 heteroatoms. The van der Waals surface area contributed by atoms with Crippen LogP contribution in [0.5, 0.6) is 0 Å². The molecule has 11 unspecified atom stereocenters. The van der Waals surface area contributed by atoms with E-state index in [-0.39, 0.29) is 25.6 Å². The zero-order valence-corrected chi connectivity index (χ0v) is 42.2. The highest BCUT2D eigenvalue weighted by molar-refractivity contribution is 5.69. The fourth-order valence-corrected chi connectivity index (χ4v) is 8.81. The third-order valence-corrected chi connectivity index (χ3v) is 13.3. The number of ether oxygens (including phenoxy) is 6. The number of hydrogen-bond acceptors (Lipinski definition) is 14. The second-order valence-corrected chi connectivity index (χ2v) is 19.4. The highest BCUT2D eigenvalue weighted by Gasteiger charge is 2.47. The van der Waals surface area contributed by atoms with Crippen molar-refractivity contribution in [2.24, 2.45) is 0 Å². The Bertz CT molecular complexity index is 1160. The lowest BCUT2D eigenvalue weighted by Gasteiger charge is -2.42. The van der Waals surface area contributed by atoms with Gasteiger partial charge in [0.25, 0.3) is 0 Å². The van der Waals surface area contributed by atoms with Crippen LogP contribution in [0.4, 0.5) is 0 Å². The molecule has 2 fully saturated rings. The Morgan fingerprint density at radius 1 is 0.478 bits per heavy atom. The maximum absolute atomic E-state index is 12.9. The highest BCUT2D eigenvalue weighted by atomic mass is 16.7. The molecule has 0 amide bonds. The van der Waals surface area contributed by atoms with E-state index >= 15 is 0 Å². The lowest BCUT2D eigenvalue weighted by atomic mass is 9.98. The van der Waals surface area contributed by atoms with Crippen molar-refractivity contribution in [1.82, 2.24) is 0 Å². The van der Waals surface area contributed by atoms with Crippen molar-refractivity contribution in [3.63, 3.8) is 0 Å². The largest absolute Gasteiger partial charge is 0.457 e. The first-order chi connectivity index (χ1) is 32.6. The number of hydrogen-bond donors (Lipinski definition) is 7. The van der Waals surface area contributed by atoms with Gasteiger partial charge in [-0.05, 0) is 38.5 Å². The standard InChI is InChI=1S/C53H100O14/c1-3-5-7-9-11-12-13-14-15-16-17-18-19-20-21-22-23-24-25-26-27-28-29-31-33-35-37-62-39-42(65-45(55)36-34-32-30-10-8-6-4-2)40-63-52-51(61)49(59)47(57)44(67-52)41-64-53-50(60)48(58)46(56)43(38-54)66-53/h16-17,42-44,46-54,56-61H,3-15,18-41H2,1-2H3/b17-16-. The quantitative estimate of drug-likeness (QED) is 0.0173. The summed E-state index contributed by atoms with van der Waals surface area (Å²) >= 11 is 0. The minimum Gasteiger partial charge on any atom is -0.457 e. The zero-order chi connectivity index (χ0) is 48.7. The minimum atomic E-state index is -1.70. The Hall–Kier alpha value is -1.27. The van der Waals surface area contributed by atoms with Gasteiger partial charge >= 0.3 is 5.97 Å². The molecule has 0 aromatic heterocycles. The summed E-state index contributed by atoms with van der Waals surface area (Å²) in [6.45, 7) is 3.67. The Balaban J connectivity index is 1.61. The Labute approximate surface area is 405 Å². The van der Waals surface area contributed by atoms with Gasteiger partial charge in [-0.25, -0.2) is 0 Å². The van der Waals surface area contributed by atoms with Gasteiger partial charge in [0.15, 0.2) is 12.6 Å². The lowest BCUT2D eigenvalue weighted by Crippen LogP contribution is -2.61. The fraction of sp³-hybridized carbons (Fsp3) is 0.943. The van der Waals surface area contributed by atoms with E-state index in [0.717, 1.165) is 38.5 Å². The maximum atomic E-state index is 12.9. The predicted molar refractivity (Wildman–Crippen MR) is 261 cm³/mol. The third kappa shape index (κ3) is 29.0. The number of carbonyl (C=O) groups is 1. The first kappa shape index (κ1) is 61.8. The van der Waals surface area contributed by atoms with Gasteiger partial charge in [-0.2, -0.15) is 0 Å². The van der Waals surface area contributed by atoms with E-state index < -0.39 is 80.7 Å². The van der Waals surface area contributed by atoms with Crippen molar-refractivity contribution in [2.45, 2.75) is 287 Å². The number of allylic oxidation sites excluding steroid dienone is 2. The Morgan fingerprint density at radius 3 is 1.36 bits per heavy atom. The van der Waals surface area contributed by atoms with Crippen LogP contribution >= 0.6 is 0 Å². The van der Waals surface area contributed by atoms with Crippen LogP contribution in [0.3, 0.4) is 0 Å². The summed E-state index contributed by atoms with van der Waals surface area (Å²) < 4.78 is 34.2. The average molecular weight is 961 g/mol. The zero-order valence-electron chi connectivity index (χ0n) is 42.2. The summed E-state index contributed by atoms with van der Waals surface area (Å²) in [5, 5.41) is 72.0. The molecule has 2 rings (SSSR count). The van der Waals surface area contributed by atoms with Crippen molar-refractivity contribution < 1.29 is 69.0 Å². The topological polar surface area (TPSA) is 214 Å². The summed E-state index contributed by atoms with van der Waals surface area (Å²) in [4.78, 5) is 12.9. The molecule has 0 bridgehead atoms. The van der Waals surface area contributed by atoms with Crippen LogP contribution < -0.4 is 0 Å². The number of carbonyl (C=O) groups excluding carboxylic acids is 1. The SMILES string of the molecule is CCCCCCCCCC/C=C\CCCCCCCCCCCCCCCCOCC(COC1OC(COC2OC(CO)C(O)C(O)C2O)C(O)C(O)C1O)OC(=O)CCCCCCCCC. The molecule has 0 aromatic rings. The van der Waals surface area contributed by atoms with Gasteiger partial charge in [0, 0.05) is 13.0 Å². The summed E-state index contributed by atoms with van der Waals surface area (Å²) in [5.74, 6) is -0.379. The summed E-state index contributed by atoms with van der Waals surface area (Å²) in [5.41, 5.74) is 0. The molecule has 0 radical (unpaired) electrons. The van der Waals surface area contributed by atoms with E-state index in [2.05, 4.69) is 26.0 Å². The number of aliphatic hydroxyl groups is 7.